The third-order valence-corrected chi connectivity index (χ3v) is 4.15. The van der Waals surface area contributed by atoms with E-state index >= 15 is 0 Å². The van der Waals surface area contributed by atoms with Crippen LogP contribution in [0.2, 0.25) is 0 Å². The van der Waals surface area contributed by atoms with Gasteiger partial charge in [0.05, 0.1) is 18.8 Å². The Balaban J connectivity index is 2.01. The predicted molar refractivity (Wildman–Crippen MR) is 90.9 cm³/mol. The molecule has 0 bridgehead atoms. The summed E-state index contributed by atoms with van der Waals surface area (Å²) in [5.41, 5.74) is 2.99. The van der Waals surface area contributed by atoms with Crippen LogP contribution in [-0.2, 0) is 17.9 Å². The Kier molecular flexibility index (Phi) is 4.76. The van der Waals surface area contributed by atoms with Crippen LogP contribution in [0.3, 0.4) is 0 Å². The van der Waals surface area contributed by atoms with Gasteiger partial charge in [0.2, 0.25) is 5.95 Å². The van der Waals surface area contributed by atoms with E-state index in [0.717, 1.165) is 37.4 Å². The van der Waals surface area contributed by atoms with Crippen LogP contribution >= 0.6 is 0 Å². The van der Waals surface area contributed by atoms with Crippen molar-refractivity contribution >= 4 is 5.95 Å². The number of aryl methyl sites for hydroxylation is 1. The van der Waals surface area contributed by atoms with Crippen LogP contribution < -0.4 is 10.5 Å². The number of hydrogen-bond donors (Lipinski definition) is 0. The van der Waals surface area contributed by atoms with E-state index in [1.165, 1.54) is 5.56 Å². The van der Waals surface area contributed by atoms with Gasteiger partial charge >= 0.3 is 0 Å². The molecule has 0 unspecified atom stereocenters. The normalized spacial score (nSPS) is 14.4. The zero-order chi connectivity index (χ0) is 16.2. The Labute approximate surface area is 136 Å². The Hall–Kier alpha value is -2.14. The molecule has 0 spiro atoms. The molecule has 0 N–H and O–H groups in total. The lowest BCUT2D eigenvalue weighted by atomic mass is 10.1. The summed E-state index contributed by atoms with van der Waals surface area (Å²) < 4.78 is 6.92. The van der Waals surface area contributed by atoms with Gasteiger partial charge in [0.25, 0.3) is 5.56 Å². The minimum absolute atomic E-state index is 0.0181. The maximum absolute atomic E-state index is 12.6. The molecular weight excluding hydrogens is 290 g/mol. The highest BCUT2D eigenvalue weighted by atomic mass is 16.5. The summed E-state index contributed by atoms with van der Waals surface area (Å²) in [6, 6.07) is 9.84. The highest BCUT2D eigenvalue weighted by Crippen LogP contribution is 2.18. The molecule has 122 valence electrons. The topological polar surface area (TPSA) is 47.4 Å². The maximum atomic E-state index is 12.6. The van der Waals surface area contributed by atoms with Crippen LogP contribution in [0.15, 0.2) is 35.1 Å². The smallest absolute Gasteiger partial charge is 0.255 e. The van der Waals surface area contributed by atoms with Gasteiger partial charge in [-0.25, -0.2) is 4.98 Å². The molecule has 5 heteroatoms. The lowest BCUT2D eigenvalue weighted by molar-refractivity contribution is 0.181. The van der Waals surface area contributed by atoms with Gasteiger partial charge in [-0.2, -0.15) is 0 Å². The molecule has 0 amide bonds. The average molecular weight is 313 g/mol. The Bertz CT molecular complexity index is 733. The Morgan fingerprint density at radius 2 is 2.00 bits per heavy atom. The quantitative estimate of drug-likeness (QED) is 0.850. The fourth-order valence-corrected chi connectivity index (χ4v) is 3.06. The van der Waals surface area contributed by atoms with E-state index in [-0.39, 0.29) is 5.56 Å². The zero-order valence-corrected chi connectivity index (χ0v) is 13.8. The van der Waals surface area contributed by atoms with E-state index in [1.54, 1.807) is 17.7 Å². The molecule has 3 rings (SSSR count). The fourth-order valence-electron chi connectivity index (χ4n) is 3.06. The SMILES string of the molecule is COCc1cc(=O)n(Cc2cccc(C)c2)c(N2CCCC2)n1. The van der Waals surface area contributed by atoms with Gasteiger partial charge in [-0.05, 0) is 25.3 Å². The maximum Gasteiger partial charge on any atom is 0.255 e. The lowest BCUT2D eigenvalue weighted by Gasteiger charge is -2.22. The fraction of sp³-hybridized carbons (Fsp3) is 0.444. The molecule has 0 atom stereocenters. The van der Waals surface area contributed by atoms with Gasteiger partial charge < -0.3 is 9.64 Å². The molecule has 2 heterocycles. The molecule has 1 saturated heterocycles. The summed E-state index contributed by atoms with van der Waals surface area (Å²) in [5, 5.41) is 0. The number of rotatable bonds is 5. The van der Waals surface area contributed by atoms with E-state index in [1.807, 2.05) is 6.07 Å². The standard InChI is InChI=1S/C18H23N3O2/c1-14-6-5-7-15(10-14)12-21-17(22)11-16(13-23-2)19-18(21)20-8-3-4-9-20/h5-7,10-11H,3-4,8-9,12-13H2,1-2H3. The lowest BCUT2D eigenvalue weighted by Crippen LogP contribution is -2.32. The highest BCUT2D eigenvalue weighted by molar-refractivity contribution is 5.35. The van der Waals surface area contributed by atoms with Gasteiger partial charge in [0.15, 0.2) is 0 Å². The molecule has 0 aliphatic carbocycles. The summed E-state index contributed by atoms with van der Waals surface area (Å²) in [7, 11) is 1.62. The van der Waals surface area contributed by atoms with Crippen LogP contribution in [0.4, 0.5) is 5.95 Å². The van der Waals surface area contributed by atoms with E-state index in [2.05, 4.69) is 35.0 Å². The molecule has 1 aliphatic rings. The van der Waals surface area contributed by atoms with Gasteiger partial charge in [0, 0.05) is 26.3 Å². The van der Waals surface area contributed by atoms with Crippen molar-refractivity contribution < 1.29 is 4.74 Å². The molecule has 1 fully saturated rings. The van der Waals surface area contributed by atoms with Crippen LogP contribution in [0.1, 0.15) is 29.7 Å². The number of aromatic nitrogens is 2. The van der Waals surface area contributed by atoms with Crippen molar-refractivity contribution in [2.45, 2.75) is 32.9 Å². The molecule has 0 radical (unpaired) electrons. The van der Waals surface area contributed by atoms with E-state index in [4.69, 9.17) is 4.74 Å². The molecular formula is C18H23N3O2. The van der Waals surface area contributed by atoms with Gasteiger partial charge in [-0.15, -0.1) is 0 Å². The largest absolute Gasteiger partial charge is 0.378 e. The van der Waals surface area contributed by atoms with Crippen molar-refractivity contribution in [2.24, 2.45) is 0 Å². The number of anilines is 1. The average Bonchev–Trinajstić information content (AvgIpc) is 3.04. The predicted octanol–water partition coefficient (Wildman–Crippen LogP) is 2.35. The Morgan fingerprint density at radius 3 is 2.70 bits per heavy atom. The number of methoxy groups -OCH3 is 1. The first-order chi connectivity index (χ1) is 11.2. The molecule has 0 saturated carbocycles. The first-order valence-corrected chi connectivity index (χ1v) is 8.07. The summed E-state index contributed by atoms with van der Waals surface area (Å²) in [5.74, 6) is 0.767. The third-order valence-electron chi connectivity index (χ3n) is 4.15. The van der Waals surface area contributed by atoms with E-state index in [9.17, 15) is 4.79 Å². The molecule has 1 aromatic heterocycles. The second-order valence-electron chi connectivity index (χ2n) is 6.09. The van der Waals surface area contributed by atoms with Crippen molar-refractivity contribution in [1.82, 2.24) is 9.55 Å². The van der Waals surface area contributed by atoms with Crippen LogP contribution in [0, 0.1) is 6.92 Å². The first kappa shape index (κ1) is 15.7. The minimum Gasteiger partial charge on any atom is -0.378 e. The van der Waals surface area contributed by atoms with Crippen LogP contribution in [0.5, 0.6) is 0 Å². The molecule has 5 nitrogen and oxygen atoms in total. The van der Waals surface area contributed by atoms with Crippen molar-refractivity contribution in [2.75, 3.05) is 25.1 Å². The van der Waals surface area contributed by atoms with Gasteiger partial charge in [-0.1, -0.05) is 29.8 Å². The third kappa shape index (κ3) is 3.62. The van der Waals surface area contributed by atoms with Crippen molar-refractivity contribution in [3.8, 4) is 0 Å². The number of nitrogens with zero attached hydrogens (tertiary/aromatic N) is 3. The first-order valence-electron chi connectivity index (χ1n) is 8.07. The van der Waals surface area contributed by atoms with E-state index in [0.29, 0.717) is 18.8 Å². The Morgan fingerprint density at radius 1 is 1.22 bits per heavy atom. The van der Waals surface area contributed by atoms with Crippen LogP contribution in [-0.4, -0.2) is 29.8 Å². The van der Waals surface area contributed by atoms with Crippen molar-refractivity contribution in [1.29, 1.82) is 0 Å². The monoisotopic (exact) mass is 313 g/mol. The minimum atomic E-state index is -0.0181. The number of hydrogen-bond acceptors (Lipinski definition) is 4. The van der Waals surface area contributed by atoms with Gasteiger partial charge in [0.1, 0.15) is 0 Å². The van der Waals surface area contributed by atoms with Crippen LogP contribution in [0.25, 0.3) is 0 Å². The molecule has 2 aromatic rings. The van der Waals surface area contributed by atoms with Crippen molar-refractivity contribution in [3.63, 3.8) is 0 Å². The summed E-state index contributed by atoms with van der Waals surface area (Å²) in [6.45, 7) is 4.88. The summed E-state index contributed by atoms with van der Waals surface area (Å²) in [4.78, 5) is 19.5. The number of ether oxygens (including phenoxy) is 1. The molecule has 1 aromatic carbocycles. The second-order valence-corrected chi connectivity index (χ2v) is 6.09. The number of benzene rings is 1. The second kappa shape index (κ2) is 6.96. The van der Waals surface area contributed by atoms with Crippen molar-refractivity contribution in [3.05, 3.63) is 57.5 Å². The highest BCUT2D eigenvalue weighted by Gasteiger charge is 2.19. The summed E-state index contributed by atoms with van der Waals surface area (Å²) >= 11 is 0. The van der Waals surface area contributed by atoms with E-state index < -0.39 is 0 Å². The molecule has 1 aliphatic heterocycles. The zero-order valence-electron chi connectivity index (χ0n) is 13.8. The molecule has 23 heavy (non-hydrogen) atoms. The van der Waals surface area contributed by atoms with Gasteiger partial charge in [-0.3, -0.25) is 9.36 Å². The summed E-state index contributed by atoms with van der Waals surface area (Å²) in [6.07, 6.45) is 2.30.